The number of hydrogen-bond acceptors (Lipinski definition) is 3. The minimum Gasteiger partial charge on any atom is -0.292 e. The van der Waals surface area contributed by atoms with Gasteiger partial charge in [-0.3, -0.25) is 14.2 Å². The first kappa shape index (κ1) is 22.5. The normalized spacial score (nSPS) is 11.2. The number of benzene rings is 4. The molecule has 6 rings (SSSR count). The minimum atomic E-state index is -0.429. The van der Waals surface area contributed by atoms with Crippen molar-refractivity contribution in [3.8, 4) is 5.82 Å². The Kier molecular flexibility index (Phi) is 5.42. The quantitative estimate of drug-likeness (QED) is 0.248. The SMILES string of the molecule is O=C(c1ccc(F)cc1)c1cccc2c3cccc(C(=O)c4ccc(F)cc4)c3n(-c3ccccn3)c12. The van der Waals surface area contributed by atoms with Gasteiger partial charge < -0.3 is 0 Å². The molecule has 4 nitrogen and oxygen atoms in total. The number of hydrogen-bond donors (Lipinski definition) is 0. The van der Waals surface area contributed by atoms with E-state index < -0.39 is 11.6 Å². The summed E-state index contributed by atoms with van der Waals surface area (Å²) in [5, 5.41) is 1.53. The van der Waals surface area contributed by atoms with Crippen LogP contribution in [0.1, 0.15) is 31.8 Å². The maximum Gasteiger partial charge on any atom is 0.195 e. The van der Waals surface area contributed by atoms with Crippen LogP contribution < -0.4 is 0 Å². The third-order valence-electron chi connectivity index (χ3n) is 6.39. The molecule has 0 aliphatic heterocycles. The van der Waals surface area contributed by atoms with Gasteiger partial charge in [0.05, 0.1) is 11.0 Å². The van der Waals surface area contributed by atoms with Crippen LogP contribution in [-0.2, 0) is 0 Å². The van der Waals surface area contributed by atoms with Crippen molar-refractivity contribution in [2.24, 2.45) is 0 Å². The Morgan fingerprint density at radius 1 is 0.568 bits per heavy atom. The highest BCUT2D eigenvalue weighted by Crippen LogP contribution is 2.36. The van der Waals surface area contributed by atoms with Gasteiger partial charge in [-0.1, -0.05) is 30.3 Å². The zero-order valence-electron chi connectivity index (χ0n) is 19.4. The maximum atomic E-state index is 13.6. The Hall–Kier alpha value is -4.97. The second-order valence-corrected chi connectivity index (χ2v) is 8.60. The van der Waals surface area contributed by atoms with Crippen molar-refractivity contribution in [2.45, 2.75) is 0 Å². The third-order valence-corrected chi connectivity index (χ3v) is 6.39. The summed E-state index contributed by atoms with van der Waals surface area (Å²) in [5.41, 5.74) is 2.65. The molecule has 6 heteroatoms. The summed E-state index contributed by atoms with van der Waals surface area (Å²) in [6.45, 7) is 0. The molecule has 6 aromatic rings. The predicted octanol–water partition coefficient (Wildman–Crippen LogP) is 6.92. The van der Waals surface area contributed by atoms with E-state index in [9.17, 15) is 18.4 Å². The van der Waals surface area contributed by atoms with Gasteiger partial charge in [0.25, 0.3) is 0 Å². The van der Waals surface area contributed by atoms with Crippen LogP contribution in [0.2, 0.25) is 0 Å². The lowest BCUT2D eigenvalue weighted by Gasteiger charge is -2.12. The molecule has 0 radical (unpaired) electrons. The lowest BCUT2D eigenvalue weighted by atomic mass is 9.99. The van der Waals surface area contributed by atoms with Gasteiger partial charge in [0, 0.05) is 39.2 Å². The van der Waals surface area contributed by atoms with Crippen molar-refractivity contribution >= 4 is 33.4 Å². The van der Waals surface area contributed by atoms with Gasteiger partial charge in [0.15, 0.2) is 11.6 Å². The number of aromatic nitrogens is 2. The summed E-state index contributed by atoms with van der Waals surface area (Å²) in [6.07, 6.45) is 1.64. The fraction of sp³-hybridized carbons (Fsp3) is 0. The van der Waals surface area contributed by atoms with E-state index >= 15 is 0 Å². The molecule has 2 aromatic heterocycles. The number of ketones is 2. The minimum absolute atomic E-state index is 0.281. The van der Waals surface area contributed by atoms with Crippen molar-refractivity contribution in [2.75, 3.05) is 0 Å². The van der Waals surface area contributed by atoms with Crippen LogP contribution in [-0.4, -0.2) is 21.1 Å². The first-order chi connectivity index (χ1) is 18.0. The second kappa shape index (κ2) is 8.91. The maximum absolute atomic E-state index is 13.6. The highest BCUT2D eigenvalue weighted by atomic mass is 19.1. The number of pyridine rings is 1. The van der Waals surface area contributed by atoms with Crippen molar-refractivity contribution in [3.05, 3.63) is 143 Å². The van der Waals surface area contributed by atoms with Crippen LogP contribution in [0.5, 0.6) is 0 Å². The van der Waals surface area contributed by atoms with E-state index in [1.54, 1.807) is 42.6 Å². The monoisotopic (exact) mass is 488 g/mol. The third kappa shape index (κ3) is 3.79. The first-order valence-electron chi connectivity index (χ1n) is 11.6. The number of para-hydroxylation sites is 2. The molecule has 0 saturated carbocycles. The molecule has 0 atom stereocenters. The van der Waals surface area contributed by atoms with Gasteiger partial charge in [-0.2, -0.15) is 0 Å². The van der Waals surface area contributed by atoms with E-state index in [1.165, 1.54) is 48.5 Å². The van der Waals surface area contributed by atoms with Crippen LogP contribution in [0.3, 0.4) is 0 Å². The summed E-state index contributed by atoms with van der Waals surface area (Å²) in [6, 6.07) is 27.0. The lowest BCUT2D eigenvalue weighted by molar-refractivity contribution is 0.103. The molecule has 178 valence electrons. The zero-order chi connectivity index (χ0) is 25.5. The molecule has 4 aromatic carbocycles. The van der Waals surface area contributed by atoms with E-state index in [1.807, 2.05) is 22.8 Å². The Morgan fingerprint density at radius 3 is 1.49 bits per heavy atom. The molecule has 37 heavy (non-hydrogen) atoms. The van der Waals surface area contributed by atoms with Gasteiger partial charge in [0.2, 0.25) is 0 Å². The average Bonchev–Trinajstić information content (AvgIpc) is 3.28. The number of rotatable bonds is 5. The Labute approximate surface area is 210 Å². The Balaban J connectivity index is 1.69. The number of fused-ring (bicyclic) bond motifs is 3. The highest BCUT2D eigenvalue weighted by molar-refractivity contribution is 6.25. The van der Waals surface area contributed by atoms with Crippen molar-refractivity contribution in [1.82, 2.24) is 9.55 Å². The van der Waals surface area contributed by atoms with Crippen LogP contribution in [0, 0.1) is 11.6 Å². The summed E-state index contributed by atoms with van der Waals surface area (Å²) >= 11 is 0. The van der Waals surface area contributed by atoms with Gasteiger partial charge in [-0.05, 0) is 72.8 Å². The Bertz CT molecular complexity index is 1690. The molecule has 0 unspecified atom stereocenters. The number of nitrogens with zero attached hydrogens (tertiary/aromatic N) is 2. The summed E-state index contributed by atoms with van der Waals surface area (Å²) in [7, 11) is 0. The molecule has 0 aliphatic rings. The van der Waals surface area contributed by atoms with Crippen LogP contribution in [0.15, 0.2) is 109 Å². The molecule has 2 heterocycles. The van der Waals surface area contributed by atoms with E-state index in [-0.39, 0.29) is 11.6 Å². The second-order valence-electron chi connectivity index (χ2n) is 8.60. The Morgan fingerprint density at radius 2 is 1.05 bits per heavy atom. The molecule has 0 spiro atoms. The molecule has 0 bridgehead atoms. The molecule has 0 saturated heterocycles. The molecular formula is C31H18F2N2O2. The highest BCUT2D eigenvalue weighted by Gasteiger charge is 2.24. The number of carbonyl (C=O) groups is 2. The molecule has 0 N–H and O–H groups in total. The first-order valence-corrected chi connectivity index (χ1v) is 11.6. The van der Waals surface area contributed by atoms with Gasteiger partial charge in [-0.15, -0.1) is 0 Å². The smallest absolute Gasteiger partial charge is 0.195 e. The average molecular weight is 488 g/mol. The van der Waals surface area contributed by atoms with E-state index in [0.29, 0.717) is 39.1 Å². The fourth-order valence-electron chi connectivity index (χ4n) is 4.71. The van der Waals surface area contributed by atoms with Crippen molar-refractivity contribution in [1.29, 1.82) is 0 Å². The molecule has 0 amide bonds. The van der Waals surface area contributed by atoms with E-state index in [4.69, 9.17) is 0 Å². The lowest BCUT2D eigenvalue weighted by Crippen LogP contribution is -2.08. The molecule has 0 fully saturated rings. The fourth-order valence-corrected chi connectivity index (χ4v) is 4.71. The molecule has 0 aliphatic carbocycles. The summed E-state index contributed by atoms with van der Waals surface area (Å²) in [5.74, 6) is -0.891. The van der Waals surface area contributed by atoms with E-state index in [2.05, 4.69) is 4.98 Å². The van der Waals surface area contributed by atoms with Crippen molar-refractivity contribution in [3.63, 3.8) is 0 Å². The topological polar surface area (TPSA) is 52.0 Å². The van der Waals surface area contributed by atoms with Gasteiger partial charge >= 0.3 is 0 Å². The van der Waals surface area contributed by atoms with Crippen LogP contribution in [0.25, 0.3) is 27.6 Å². The standard InChI is InChI=1S/C31H18F2N2O2/c32-21-14-10-19(11-15-21)30(36)25-7-3-5-23-24-6-4-8-26(31(37)20-12-16-22(33)17-13-20)29(24)35(28(23)25)27-9-1-2-18-34-27/h1-18H. The van der Waals surface area contributed by atoms with Crippen LogP contribution in [0.4, 0.5) is 8.78 Å². The van der Waals surface area contributed by atoms with E-state index in [0.717, 1.165) is 10.8 Å². The van der Waals surface area contributed by atoms with Gasteiger partial charge in [0.1, 0.15) is 17.5 Å². The van der Waals surface area contributed by atoms with Crippen molar-refractivity contribution < 1.29 is 18.4 Å². The number of halogens is 2. The summed E-state index contributed by atoms with van der Waals surface area (Å²) in [4.78, 5) is 31.8. The molecular weight excluding hydrogens is 470 g/mol. The largest absolute Gasteiger partial charge is 0.292 e. The zero-order valence-corrected chi connectivity index (χ0v) is 19.4. The van der Waals surface area contributed by atoms with Gasteiger partial charge in [-0.25, -0.2) is 13.8 Å². The van der Waals surface area contributed by atoms with Crippen LogP contribution >= 0.6 is 0 Å². The summed E-state index contributed by atoms with van der Waals surface area (Å²) < 4.78 is 28.9. The predicted molar refractivity (Wildman–Crippen MR) is 138 cm³/mol. The number of carbonyl (C=O) groups excluding carboxylic acids is 2.